The average Bonchev–Trinajstić information content (AvgIpc) is 2.20. The maximum atomic E-state index is 5.33. The average molecular weight is 214 g/mol. The number of aromatic nitrogens is 1. The fourth-order valence-electron chi connectivity index (χ4n) is 0.178. The van der Waals surface area contributed by atoms with Gasteiger partial charge in [-0.15, -0.1) is 11.3 Å². The highest BCUT2D eigenvalue weighted by molar-refractivity contribution is 7.22. The summed E-state index contributed by atoms with van der Waals surface area (Å²) in [5, 5.41) is 2.73. The van der Waals surface area contributed by atoms with Crippen LogP contribution in [0.1, 0.15) is 0 Å². The van der Waals surface area contributed by atoms with E-state index in [1.165, 1.54) is 11.3 Å². The van der Waals surface area contributed by atoms with E-state index in [-0.39, 0.29) is 0 Å². The lowest BCUT2D eigenvalue weighted by Gasteiger charge is -1.60. The first-order valence-electron chi connectivity index (χ1n) is 1.90. The van der Waals surface area contributed by atoms with Gasteiger partial charge in [-0.05, 0) is 0 Å². The van der Waals surface area contributed by atoms with E-state index >= 15 is 0 Å². The molecule has 1 aromatic heterocycles. The zero-order valence-electron chi connectivity index (χ0n) is 4.27. The van der Waals surface area contributed by atoms with Gasteiger partial charge in [0.05, 0.1) is 5.38 Å². The summed E-state index contributed by atoms with van der Waals surface area (Å²) in [5.41, 5.74) is 0. The molecule has 0 aliphatic rings. The van der Waals surface area contributed by atoms with Crippen molar-refractivity contribution in [1.82, 2.24) is 4.98 Å². The fourth-order valence-corrected chi connectivity index (χ4v) is 0.669. The molecule has 0 aliphatic carbocycles. The van der Waals surface area contributed by atoms with Gasteiger partial charge in [-0.1, -0.05) is 11.6 Å². The third-order valence-corrected chi connectivity index (χ3v) is 1.19. The van der Waals surface area contributed by atoms with Gasteiger partial charge in [-0.2, -0.15) is 0 Å². The van der Waals surface area contributed by atoms with E-state index in [2.05, 4.69) is 10.4 Å². The molecule has 1 aromatic rings. The van der Waals surface area contributed by atoms with Gasteiger partial charge in [0, 0.05) is 6.20 Å². The Hall–Kier alpha value is 1.27. The summed E-state index contributed by atoms with van der Waals surface area (Å²) in [5.74, 6) is 0. The van der Waals surface area contributed by atoms with Crippen LogP contribution in [0.25, 0.3) is 0 Å². The number of hydrogen-bond acceptors (Lipinski definition) is 2. The van der Waals surface area contributed by atoms with E-state index in [1.807, 2.05) is 0 Å². The van der Waals surface area contributed by atoms with Crippen LogP contribution >= 0.6 is 41.1 Å². The zero-order valence-corrected chi connectivity index (χ0v) is 8.77. The van der Waals surface area contributed by atoms with Crippen molar-refractivity contribution >= 4 is 59.2 Å². The van der Waals surface area contributed by atoms with Crippen molar-refractivity contribution < 1.29 is 0 Å². The molecule has 0 bridgehead atoms. The molecule has 0 atom stereocenters. The summed E-state index contributed by atoms with van der Waals surface area (Å²) in [6, 6.07) is 0. The second-order valence-corrected chi connectivity index (χ2v) is 4.87. The smallest absolute Gasteiger partial charge is 0.309 e. The van der Waals surface area contributed by atoms with Crippen LogP contribution in [0, 0.1) is 5.38 Å². The van der Waals surface area contributed by atoms with Gasteiger partial charge in [0.2, 0.25) is 0 Å². The van der Waals surface area contributed by atoms with Crippen LogP contribution in [0.2, 0.25) is 4.47 Å². The minimum Gasteiger partial charge on any atom is -0.309 e. The lowest BCUT2D eigenvalue weighted by molar-refractivity contribution is 1.42. The molecule has 1 heterocycles. The summed E-state index contributed by atoms with van der Waals surface area (Å²) in [4.78, 5) is 3.65. The molecule has 0 spiro atoms. The molecule has 9 heavy (non-hydrogen) atoms. The van der Waals surface area contributed by atoms with E-state index in [1.54, 1.807) is 6.20 Å². The summed E-state index contributed by atoms with van der Waals surface area (Å²) >= 11 is 6.00. The molecule has 1 rings (SSSR count). The van der Waals surface area contributed by atoms with Crippen molar-refractivity contribution in [2.24, 2.45) is 0 Å². The Morgan fingerprint density at radius 1 is 1.67 bits per heavy atom. The number of rotatable bonds is 0. The molecule has 0 N–H and O–H groups in total. The first kappa shape index (κ1) is 10.3. The second kappa shape index (κ2) is 7.37. The predicted octanol–water partition coefficient (Wildman–Crippen LogP) is 2.59. The maximum Gasteiger partial charge on any atom is 0.618 e. The van der Waals surface area contributed by atoms with Crippen molar-refractivity contribution in [3.05, 3.63) is 16.0 Å². The molecule has 0 unspecified atom stereocenters. The Morgan fingerprint density at radius 3 is 2.33 bits per heavy atom. The Balaban J connectivity index is 0.000000187. The Morgan fingerprint density at radius 2 is 2.22 bits per heavy atom. The van der Waals surface area contributed by atoms with Gasteiger partial charge in [0.1, 0.15) is 0 Å². The van der Waals surface area contributed by atoms with E-state index in [4.69, 9.17) is 29.7 Å². The maximum absolute atomic E-state index is 5.33. The molecule has 1 radical (unpaired) electrons. The summed E-state index contributed by atoms with van der Waals surface area (Å²) in [6.07, 6.45) is 1.55. The van der Waals surface area contributed by atoms with Gasteiger partial charge in [0.25, 0.3) is 0 Å². The van der Waals surface area contributed by atoms with Crippen molar-refractivity contribution in [3.8, 4) is 0 Å². The minimum absolute atomic E-state index is 0.551. The van der Waals surface area contributed by atoms with Crippen LogP contribution in [-0.2, 0) is 0 Å². The molecule has 6 heteroatoms. The highest BCUT2D eigenvalue weighted by Gasteiger charge is 1.80. The van der Waals surface area contributed by atoms with Gasteiger partial charge >= 0.3 is 18.2 Å². The molecular formula is C3HCl3MgNS. The number of halogens is 3. The van der Waals surface area contributed by atoms with Gasteiger partial charge in [0.15, 0.2) is 4.47 Å². The molecular weight excluding hydrogens is 213 g/mol. The Kier molecular flexibility index (Phi) is 8.41. The van der Waals surface area contributed by atoms with Crippen molar-refractivity contribution in [1.29, 1.82) is 0 Å². The Labute approximate surface area is 79.6 Å². The summed E-state index contributed by atoms with van der Waals surface area (Å²) in [7, 11) is 9.81. The molecule has 0 fully saturated rings. The molecule has 0 amide bonds. The van der Waals surface area contributed by atoms with E-state index in [0.29, 0.717) is 4.47 Å². The van der Waals surface area contributed by atoms with E-state index < -0.39 is 18.2 Å². The molecule has 47 valence electrons. The topological polar surface area (TPSA) is 12.9 Å². The second-order valence-electron chi connectivity index (χ2n) is 0.832. The number of nitrogens with zero attached hydrogens (tertiary/aromatic N) is 1. The normalized spacial score (nSPS) is 7.00. The first-order chi connectivity index (χ1) is 4.31. The van der Waals surface area contributed by atoms with E-state index in [9.17, 15) is 0 Å². The lowest BCUT2D eigenvalue weighted by Crippen LogP contribution is -1.47. The molecule has 0 aromatic carbocycles. The van der Waals surface area contributed by atoms with Gasteiger partial charge < -0.3 is 18.1 Å². The van der Waals surface area contributed by atoms with Crippen molar-refractivity contribution in [2.75, 3.05) is 0 Å². The third-order valence-electron chi connectivity index (χ3n) is 0.362. The van der Waals surface area contributed by atoms with Crippen LogP contribution in [0.3, 0.4) is 0 Å². The van der Waals surface area contributed by atoms with Crippen LogP contribution in [0.5, 0.6) is 0 Å². The number of thiazole rings is 1. The van der Waals surface area contributed by atoms with Gasteiger partial charge in [-0.3, -0.25) is 0 Å². The standard InChI is InChI=1S/C3HClNS.2ClH.Mg/c4-3-5-1-2-6-3;;;/h1H;2*1H;/q;;;+2/p-2. The summed E-state index contributed by atoms with van der Waals surface area (Å²) in [6.45, 7) is 0. The SMILES string of the molecule is Clc1nc[c]s1.[Cl][Mg][Cl]. The van der Waals surface area contributed by atoms with Crippen LogP contribution < -0.4 is 0 Å². The first-order valence-corrected chi connectivity index (χ1v) is 7.37. The highest BCUT2D eigenvalue weighted by atomic mass is 35.6. The van der Waals surface area contributed by atoms with E-state index in [0.717, 1.165) is 0 Å². The largest absolute Gasteiger partial charge is 0.618 e. The lowest BCUT2D eigenvalue weighted by atomic mass is 11.0. The highest BCUT2D eigenvalue weighted by Crippen LogP contribution is 2.08. The third kappa shape index (κ3) is 7.16. The Bertz CT molecular complexity index is 134. The van der Waals surface area contributed by atoms with Crippen LogP contribution in [0.15, 0.2) is 6.20 Å². The van der Waals surface area contributed by atoms with Crippen LogP contribution in [0.4, 0.5) is 0 Å². The zero-order chi connectivity index (χ0) is 7.11. The monoisotopic (exact) mass is 212 g/mol. The fraction of sp³-hybridized carbons (Fsp3) is 0. The minimum atomic E-state index is -0.639. The van der Waals surface area contributed by atoms with Crippen LogP contribution in [-0.4, -0.2) is 23.1 Å². The van der Waals surface area contributed by atoms with Crippen molar-refractivity contribution in [2.45, 2.75) is 0 Å². The predicted molar refractivity (Wildman–Crippen MR) is 43.4 cm³/mol. The molecule has 1 nitrogen and oxygen atoms in total. The molecule has 0 saturated carbocycles. The number of hydrogen-bond donors (Lipinski definition) is 0. The van der Waals surface area contributed by atoms with Crippen molar-refractivity contribution in [3.63, 3.8) is 0 Å². The quantitative estimate of drug-likeness (QED) is 0.604. The van der Waals surface area contributed by atoms with Gasteiger partial charge in [-0.25, -0.2) is 4.98 Å². The molecule has 0 aliphatic heterocycles. The summed E-state index contributed by atoms with van der Waals surface area (Å²) < 4.78 is 0.551. The molecule has 0 saturated heterocycles.